The zero-order chi connectivity index (χ0) is 18.3. The maximum atomic E-state index is 12.5. The number of hydrogen-bond acceptors (Lipinski definition) is 2. The van der Waals surface area contributed by atoms with E-state index < -0.39 is 5.41 Å². The Bertz CT molecular complexity index is 747. The minimum atomic E-state index is -0.837. The van der Waals surface area contributed by atoms with E-state index in [1.807, 2.05) is 60.7 Å². The quantitative estimate of drug-likeness (QED) is 0.710. The smallest absolute Gasteiger partial charge is 0.222 e. The van der Waals surface area contributed by atoms with Crippen LogP contribution in [0, 0.1) is 11.3 Å². The molecule has 0 aromatic heterocycles. The standard InChI is InChI=1S/C22H24N2O/c1-4-15-22(17-23,19-13-9-6-10-14-19)20(16-21(25)24(2)3)18-11-7-5-8-12-18/h4-14,20H,1,15-16H2,2-3H3/t20-,22+/m0/s1. The Hall–Kier alpha value is -2.86. The summed E-state index contributed by atoms with van der Waals surface area (Å²) in [5.74, 6) is -0.248. The number of carbonyl (C=O) groups excluding carboxylic acids is 1. The van der Waals surface area contributed by atoms with Gasteiger partial charge in [-0.2, -0.15) is 5.26 Å². The van der Waals surface area contributed by atoms with Crippen LogP contribution in [0.25, 0.3) is 0 Å². The first-order valence-electron chi connectivity index (χ1n) is 8.38. The summed E-state index contributed by atoms with van der Waals surface area (Å²) in [4.78, 5) is 14.1. The number of rotatable bonds is 7. The summed E-state index contributed by atoms with van der Waals surface area (Å²) < 4.78 is 0. The lowest BCUT2D eigenvalue weighted by molar-refractivity contribution is -0.129. The van der Waals surface area contributed by atoms with Gasteiger partial charge in [-0.05, 0) is 17.5 Å². The van der Waals surface area contributed by atoms with Crippen LogP contribution >= 0.6 is 0 Å². The fourth-order valence-corrected chi connectivity index (χ4v) is 3.23. The maximum absolute atomic E-state index is 12.5. The van der Waals surface area contributed by atoms with Crippen LogP contribution in [0.3, 0.4) is 0 Å². The van der Waals surface area contributed by atoms with Crippen molar-refractivity contribution in [2.75, 3.05) is 14.1 Å². The lowest BCUT2D eigenvalue weighted by atomic mass is 9.65. The number of benzene rings is 2. The summed E-state index contributed by atoms with van der Waals surface area (Å²) in [5.41, 5.74) is 1.07. The van der Waals surface area contributed by atoms with Gasteiger partial charge in [-0.3, -0.25) is 4.79 Å². The molecule has 2 atom stereocenters. The number of nitriles is 1. The molecule has 0 heterocycles. The molecule has 0 radical (unpaired) electrons. The zero-order valence-electron chi connectivity index (χ0n) is 14.9. The summed E-state index contributed by atoms with van der Waals surface area (Å²) in [6.45, 7) is 3.86. The monoisotopic (exact) mass is 332 g/mol. The van der Waals surface area contributed by atoms with E-state index in [9.17, 15) is 10.1 Å². The molecule has 0 unspecified atom stereocenters. The third kappa shape index (κ3) is 3.97. The average molecular weight is 332 g/mol. The van der Waals surface area contributed by atoms with Gasteiger partial charge in [-0.25, -0.2) is 0 Å². The predicted octanol–water partition coefficient (Wildman–Crippen LogP) is 4.29. The van der Waals surface area contributed by atoms with Gasteiger partial charge < -0.3 is 4.90 Å². The lowest BCUT2D eigenvalue weighted by Crippen LogP contribution is -2.36. The summed E-state index contributed by atoms with van der Waals surface area (Å²) in [6.07, 6.45) is 2.52. The van der Waals surface area contributed by atoms with Gasteiger partial charge in [0.1, 0.15) is 0 Å². The van der Waals surface area contributed by atoms with Gasteiger partial charge in [-0.15, -0.1) is 6.58 Å². The molecule has 0 spiro atoms. The van der Waals surface area contributed by atoms with Crippen LogP contribution in [0.15, 0.2) is 73.3 Å². The largest absolute Gasteiger partial charge is 0.349 e. The van der Waals surface area contributed by atoms with Crippen molar-refractivity contribution in [3.8, 4) is 6.07 Å². The van der Waals surface area contributed by atoms with E-state index >= 15 is 0 Å². The summed E-state index contributed by atoms with van der Waals surface area (Å²) in [6, 6.07) is 22.1. The van der Waals surface area contributed by atoms with Crippen molar-refractivity contribution in [1.29, 1.82) is 5.26 Å². The summed E-state index contributed by atoms with van der Waals surface area (Å²) in [7, 11) is 3.49. The molecule has 0 saturated carbocycles. The number of carbonyl (C=O) groups is 1. The first kappa shape index (κ1) is 18.5. The van der Waals surface area contributed by atoms with Crippen molar-refractivity contribution < 1.29 is 4.79 Å². The van der Waals surface area contributed by atoms with Gasteiger partial charge in [0.2, 0.25) is 5.91 Å². The second-order valence-electron chi connectivity index (χ2n) is 6.40. The van der Waals surface area contributed by atoms with Crippen molar-refractivity contribution in [1.82, 2.24) is 4.90 Å². The van der Waals surface area contributed by atoms with Crippen LogP contribution in [0.5, 0.6) is 0 Å². The number of nitrogens with zero attached hydrogens (tertiary/aromatic N) is 2. The van der Waals surface area contributed by atoms with Crippen molar-refractivity contribution >= 4 is 5.91 Å². The first-order chi connectivity index (χ1) is 12.0. The highest BCUT2D eigenvalue weighted by Crippen LogP contribution is 2.44. The molecule has 0 aliphatic heterocycles. The fourth-order valence-electron chi connectivity index (χ4n) is 3.23. The molecule has 0 N–H and O–H groups in total. The van der Waals surface area contributed by atoms with Gasteiger partial charge in [0, 0.05) is 26.4 Å². The van der Waals surface area contributed by atoms with E-state index in [0.717, 1.165) is 11.1 Å². The number of allylic oxidation sites excluding steroid dienone is 1. The molecule has 2 rings (SSSR count). The molecule has 3 nitrogen and oxygen atoms in total. The van der Waals surface area contributed by atoms with Gasteiger partial charge >= 0.3 is 0 Å². The fraction of sp³-hybridized carbons (Fsp3) is 0.273. The van der Waals surface area contributed by atoms with E-state index in [1.165, 1.54) is 0 Å². The molecule has 0 bridgehead atoms. The minimum absolute atomic E-state index is 0.00784. The molecule has 25 heavy (non-hydrogen) atoms. The van der Waals surface area contributed by atoms with Crippen molar-refractivity contribution in [2.45, 2.75) is 24.2 Å². The third-order valence-corrected chi connectivity index (χ3v) is 4.63. The van der Waals surface area contributed by atoms with Crippen LogP contribution < -0.4 is 0 Å². The first-order valence-corrected chi connectivity index (χ1v) is 8.38. The molecule has 0 saturated heterocycles. The number of hydrogen-bond donors (Lipinski definition) is 0. The summed E-state index contributed by atoms with van der Waals surface area (Å²) >= 11 is 0. The normalized spacial score (nSPS) is 14.0. The van der Waals surface area contributed by atoms with Crippen LogP contribution in [-0.4, -0.2) is 24.9 Å². The van der Waals surface area contributed by atoms with Gasteiger partial charge in [-0.1, -0.05) is 66.7 Å². The SMILES string of the molecule is C=CC[C@@](C#N)(c1ccccc1)[C@@H](CC(=O)N(C)C)c1ccccc1. The predicted molar refractivity (Wildman–Crippen MR) is 101 cm³/mol. The van der Waals surface area contributed by atoms with E-state index in [-0.39, 0.29) is 18.2 Å². The van der Waals surface area contributed by atoms with E-state index in [0.29, 0.717) is 6.42 Å². The Labute approximate surface area is 150 Å². The molecule has 1 amide bonds. The highest BCUT2D eigenvalue weighted by Gasteiger charge is 2.42. The Morgan fingerprint density at radius 1 is 1.16 bits per heavy atom. The molecule has 3 heteroatoms. The second kappa shape index (κ2) is 8.30. The van der Waals surface area contributed by atoms with Crippen LogP contribution in [0.4, 0.5) is 0 Å². The van der Waals surface area contributed by atoms with Crippen LogP contribution in [0.1, 0.15) is 29.9 Å². The molecule has 128 valence electrons. The Morgan fingerprint density at radius 3 is 2.20 bits per heavy atom. The molecular formula is C22H24N2O. The molecule has 0 aliphatic carbocycles. The van der Waals surface area contributed by atoms with Crippen LogP contribution in [0.2, 0.25) is 0 Å². The lowest BCUT2D eigenvalue weighted by Gasteiger charge is -2.35. The summed E-state index contributed by atoms with van der Waals surface area (Å²) in [5, 5.41) is 10.2. The number of amides is 1. The Kier molecular flexibility index (Phi) is 6.14. The highest BCUT2D eigenvalue weighted by molar-refractivity contribution is 5.77. The van der Waals surface area contributed by atoms with Gasteiger partial charge in [0.15, 0.2) is 0 Å². The second-order valence-corrected chi connectivity index (χ2v) is 6.40. The van der Waals surface area contributed by atoms with E-state index in [4.69, 9.17) is 0 Å². The molecule has 0 fully saturated rings. The zero-order valence-corrected chi connectivity index (χ0v) is 14.9. The van der Waals surface area contributed by atoms with Gasteiger partial charge in [0.25, 0.3) is 0 Å². The van der Waals surface area contributed by atoms with Crippen LogP contribution in [-0.2, 0) is 10.2 Å². The van der Waals surface area contributed by atoms with Crippen molar-refractivity contribution in [2.24, 2.45) is 0 Å². The van der Waals surface area contributed by atoms with Crippen molar-refractivity contribution in [3.63, 3.8) is 0 Å². The highest BCUT2D eigenvalue weighted by atomic mass is 16.2. The molecule has 2 aromatic carbocycles. The molecular weight excluding hydrogens is 308 g/mol. The molecule has 0 aliphatic rings. The maximum Gasteiger partial charge on any atom is 0.222 e. The average Bonchev–Trinajstić information content (AvgIpc) is 2.65. The van der Waals surface area contributed by atoms with E-state index in [2.05, 4.69) is 12.6 Å². The topological polar surface area (TPSA) is 44.1 Å². The Morgan fingerprint density at radius 2 is 1.72 bits per heavy atom. The minimum Gasteiger partial charge on any atom is -0.349 e. The third-order valence-electron chi connectivity index (χ3n) is 4.63. The van der Waals surface area contributed by atoms with Crippen molar-refractivity contribution in [3.05, 3.63) is 84.4 Å². The molecule has 2 aromatic rings. The Balaban J connectivity index is 2.63. The van der Waals surface area contributed by atoms with E-state index in [1.54, 1.807) is 25.1 Å². The van der Waals surface area contributed by atoms with Gasteiger partial charge in [0.05, 0.1) is 11.5 Å².